The van der Waals surface area contributed by atoms with Crippen molar-refractivity contribution >= 4 is 17.2 Å². The Bertz CT molecular complexity index is 553. The molecule has 0 bridgehead atoms. The van der Waals surface area contributed by atoms with Crippen LogP contribution in [0.1, 0.15) is 55.8 Å². The fraction of sp³-hybridized carbons (Fsp3) is 0.789. The van der Waals surface area contributed by atoms with Gasteiger partial charge in [0.2, 0.25) is 5.91 Å². The standard InChI is InChI=1S/C19H31N3OS/c1-13-11-22(12-17-10-20-15(3)24-17)9-8-18(13)21-19(23)14(2)16-6-4-5-7-16/h10,13-14,16,18H,4-9,11-12H2,1-3H3,(H,21,23)/t13-,14-,18-/m0/s1. The maximum atomic E-state index is 12.6. The van der Waals surface area contributed by atoms with Gasteiger partial charge in [-0.2, -0.15) is 0 Å². The molecule has 1 saturated heterocycles. The molecule has 1 aromatic heterocycles. The van der Waals surface area contributed by atoms with Crippen LogP contribution in [-0.4, -0.2) is 34.9 Å². The van der Waals surface area contributed by atoms with Gasteiger partial charge in [0.05, 0.1) is 5.01 Å². The van der Waals surface area contributed by atoms with E-state index < -0.39 is 0 Å². The number of carbonyl (C=O) groups is 1. The third-order valence-electron chi connectivity index (χ3n) is 5.89. The first-order chi connectivity index (χ1) is 11.5. The van der Waals surface area contributed by atoms with E-state index in [1.54, 1.807) is 11.3 Å². The molecule has 2 aliphatic rings. The molecular formula is C19H31N3OS. The zero-order valence-corrected chi connectivity index (χ0v) is 16.1. The van der Waals surface area contributed by atoms with Gasteiger partial charge in [0.15, 0.2) is 0 Å². The number of thiazole rings is 1. The molecule has 1 aromatic rings. The van der Waals surface area contributed by atoms with Crippen LogP contribution in [0.15, 0.2) is 6.20 Å². The van der Waals surface area contributed by atoms with E-state index in [1.807, 2.05) is 6.20 Å². The summed E-state index contributed by atoms with van der Waals surface area (Å²) in [5.41, 5.74) is 0. The highest BCUT2D eigenvalue weighted by Crippen LogP contribution is 2.31. The molecule has 1 N–H and O–H groups in total. The van der Waals surface area contributed by atoms with Crippen molar-refractivity contribution in [3.05, 3.63) is 16.1 Å². The summed E-state index contributed by atoms with van der Waals surface area (Å²) in [5.74, 6) is 1.57. The predicted molar refractivity (Wildman–Crippen MR) is 99.0 cm³/mol. The predicted octanol–water partition coefficient (Wildman–Crippen LogP) is 3.60. The second kappa shape index (κ2) is 7.96. The van der Waals surface area contributed by atoms with Gasteiger partial charge in [-0.15, -0.1) is 11.3 Å². The van der Waals surface area contributed by atoms with Crippen LogP contribution in [0.5, 0.6) is 0 Å². The van der Waals surface area contributed by atoms with Crippen LogP contribution in [0.4, 0.5) is 0 Å². The van der Waals surface area contributed by atoms with E-state index in [2.05, 4.69) is 36.0 Å². The minimum atomic E-state index is 0.179. The summed E-state index contributed by atoms with van der Waals surface area (Å²) in [5, 5.41) is 4.50. The molecule has 1 amide bonds. The van der Waals surface area contributed by atoms with Crippen molar-refractivity contribution < 1.29 is 4.79 Å². The van der Waals surface area contributed by atoms with Gasteiger partial charge in [0, 0.05) is 42.7 Å². The summed E-state index contributed by atoms with van der Waals surface area (Å²) in [4.78, 5) is 20.8. The Labute approximate surface area is 150 Å². The molecule has 0 aromatic carbocycles. The first-order valence-corrected chi connectivity index (χ1v) is 10.3. The minimum Gasteiger partial charge on any atom is -0.353 e. The number of nitrogens with zero attached hydrogens (tertiary/aromatic N) is 2. The Morgan fingerprint density at radius 3 is 2.79 bits per heavy atom. The molecular weight excluding hydrogens is 318 g/mol. The van der Waals surface area contributed by atoms with Gasteiger partial charge in [0.1, 0.15) is 0 Å². The lowest BCUT2D eigenvalue weighted by molar-refractivity contribution is -0.127. The molecule has 1 aliphatic carbocycles. The minimum absolute atomic E-state index is 0.179. The Hall–Kier alpha value is -0.940. The molecule has 3 atom stereocenters. The van der Waals surface area contributed by atoms with E-state index >= 15 is 0 Å². The number of likely N-dealkylation sites (tertiary alicyclic amines) is 1. The third-order valence-corrected chi connectivity index (χ3v) is 6.78. The number of amides is 1. The van der Waals surface area contributed by atoms with Gasteiger partial charge in [-0.25, -0.2) is 4.98 Å². The molecule has 1 saturated carbocycles. The van der Waals surface area contributed by atoms with E-state index in [0.29, 0.717) is 17.9 Å². The van der Waals surface area contributed by atoms with Crippen molar-refractivity contribution in [3.63, 3.8) is 0 Å². The zero-order chi connectivity index (χ0) is 17.1. The van der Waals surface area contributed by atoms with Crippen LogP contribution in [0.25, 0.3) is 0 Å². The third kappa shape index (κ3) is 4.37. The normalized spacial score (nSPS) is 27.3. The van der Waals surface area contributed by atoms with Crippen molar-refractivity contribution in [1.82, 2.24) is 15.2 Å². The number of rotatable bonds is 5. The van der Waals surface area contributed by atoms with Gasteiger partial charge < -0.3 is 5.32 Å². The average molecular weight is 350 g/mol. The van der Waals surface area contributed by atoms with Gasteiger partial charge in [-0.1, -0.05) is 26.7 Å². The monoisotopic (exact) mass is 349 g/mol. The second-order valence-corrected chi connectivity index (χ2v) is 9.11. The smallest absolute Gasteiger partial charge is 0.223 e. The van der Waals surface area contributed by atoms with Crippen LogP contribution >= 0.6 is 11.3 Å². The lowest BCUT2D eigenvalue weighted by Crippen LogP contribution is -2.51. The fourth-order valence-corrected chi connectivity index (χ4v) is 5.11. The number of piperidine rings is 1. The van der Waals surface area contributed by atoms with Crippen LogP contribution in [-0.2, 0) is 11.3 Å². The van der Waals surface area contributed by atoms with Gasteiger partial charge >= 0.3 is 0 Å². The lowest BCUT2D eigenvalue weighted by atomic mass is 9.89. The topological polar surface area (TPSA) is 45.2 Å². The highest BCUT2D eigenvalue weighted by molar-refractivity contribution is 7.11. The Balaban J connectivity index is 1.47. The van der Waals surface area contributed by atoms with Gasteiger partial charge in [-0.05, 0) is 38.0 Å². The van der Waals surface area contributed by atoms with E-state index in [9.17, 15) is 4.79 Å². The van der Waals surface area contributed by atoms with Crippen molar-refractivity contribution in [2.45, 2.75) is 65.5 Å². The van der Waals surface area contributed by atoms with E-state index in [1.165, 1.54) is 30.6 Å². The average Bonchev–Trinajstić information content (AvgIpc) is 3.21. The highest BCUT2D eigenvalue weighted by Gasteiger charge is 2.31. The molecule has 0 radical (unpaired) electrons. The summed E-state index contributed by atoms with van der Waals surface area (Å²) in [6, 6.07) is 0.334. The Morgan fingerprint density at radius 1 is 1.42 bits per heavy atom. The summed E-state index contributed by atoms with van der Waals surface area (Å²) in [7, 11) is 0. The number of aromatic nitrogens is 1. The number of carbonyl (C=O) groups excluding carboxylic acids is 1. The lowest BCUT2D eigenvalue weighted by Gasteiger charge is -2.37. The number of hydrogen-bond acceptors (Lipinski definition) is 4. The second-order valence-electron chi connectivity index (χ2n) is 7.79. The van der Waals surface area contributed by atoms with Gasteiger partial charge in [0.25, 0.3) is 0 Å². The number of nitrogens with one attached hydrogen (secondary N) is 1. The number of hydrogen-bond donors (Lipinski definition) is 1. The quantitative estimate of drug-likeness (QED) is 0.883. The first kappa shape index (κ1) is 17.9. The van der Waals surface area contributed by atoms with Crippen LogP contribution < -0.4 is 5.32 Å². The fourth-order valence-electron chi connectivity index (χ4n) is 4.27. The maximum Gasteiger partial charge on any atom is 0.223 e. The Kier molecular flexibility index (Phi) is 5.93. The highest BCUT2D eigenvalue weighted by atomic mass is 32.1. The molecule has 0 unspecified atom stereocenters. The molecule has 4 nitrogen and oxygen atoms in total. The molecule has 2 heterocycles. The molecule has 0 spiro atoms. The molecule has 5 heteroatoms. The first-order valence-electron chi connectivity index (χ1n) is 9.47. The largest absolute Gasteiger partial charge is 0.353 e. The van der Waals surface area contributed by atoms with Crippen molar-refractivity contribution in [2.24, 2.45) is 17.8 Å². The van der Waals surface area contributed by atoms with E-state index in [4.69, 9.17) is 0 Å². The van der Waals surface area contributed by atoms with Crippen LogP contribution in [0.3, 0.4) is 0 Å². The number of aryl methyl sites for hydroxylation is 1. The van der Waals surface area contributed by atoms with Crippen LogP contribution in [0, 0.1) is 24.7 Å². The molecule has 134 valence electrons. The SMILES string of the molecule is Cc1ncc(CN2CC[C@H](NC(=O)[C@@H](C)C3CCCC3)[C@@H](C)C2)s1. The molecule has 1 aliphatic heterocycles. The maximum absolute atomic E-state index is 12.6. The van der Waals surface area contributed by atoms with Crippen molar-refractivity contribution in [3.8, 4) is 0 Å². The molecule has 24 heavy (non-hydrogen) atoms. The molecule has 2 fully saturated rings. The van der Waals surface area contributed by atoms with E-state index in [0.717, 1.165) is 31.1 Å². The van der Waals surface area contributed by atoms with Crippen molar-refractivity contribution in [2.75, 3.05) is 13.1 Å². The van der Waals surface area contributed by atoms with Crippen LogP contribution in [0.2, 0.25) is 0 Å². The summed E-state index contributed by atoms with van der Waals surface area (Å²) in [6.45, 7) is 9.56. The summed E-state index contributed by atoms with van der Waals surface area (Å²) < 4.78 is 0. The molecule has 3 rings (SSSR count). The van der Waals surface area contributed by atoms with E-state index in [-0.39, 0.29) is 11.8 Å². The zero-order valence-electron chi connectivity index (χ0n) is 15.3. The summed E-state index contributed by atoms with van der Waals surface area (Å²) in [6.07, 6.45) is 8.12. The van der Waals surface area contributed by atoms with Crippen molar-refractivity contribution in [1.29, 1.82) is 0 Å². The Morgan fingerprint density at radius 2 is 2.17 bits per heavy atom. The summed E-state index contributed by atoms with van der Waals surface area (Å²) >= 11 is 1.79. The van der Waals surface area contributed by atoms with Gasteiger partial charge in [-0.3, -0.25) is 9.69 Å².